The predicted octanol–water partition coefficient (Wildman–Crippen LogP) is 2.15. The smallest absolute Gasteiger partial charge is 0.214 e. The van der Waals surface area contributed by atoms with Crippen LogP contribution >= 0.6 is 0 Å². The summed E-state index contributed by atoms with van der Waals surface area (Å²) in [4.78, 5) is 17.8. The minimum atomic E-state index is -0.0935. The first kappa shape index (κ1) is 17.7. The molecule has 0 fully saturated rings. The first-order valence-electron chi connectivity index (χ1n) is 8.57. The van der Waals surface area contributed by atoms with Crippen molar-refractivity contribution in [3.63, 3.8) is 0 Å². The number of rotatable bonds is 6. The molecule has 0 saturated heterocycles. The number of benzene rings is 1. The van der Waals surface area contributed by atoms with E-state index in [0.29, 0.717) is 40.8 Å². The molecule has 0 atom stereocenters. The molecule has 0 aliphatic heterocycles. The highest BCUT2D eigenvalue weighted by Crippen LogP contribution is 2.29. The van der Waals surface area contributed by atoms with Gasteiger partial charge in [0.15, 0.2) is 11.6 Å². The number of aromatic amines is 1. The Hall–Kier alpha value is -3.75. The topological polar surface area (TPSA) is 108 Å². The summed E-state index contributed by atoms with van der Waals surface area (Å²) in [5.41, 5.74) is 2.54. The van der Waals surface area contributed by atoms with Gasteiger partial charge in [-0.3, -0.25) is 4.79 Å². The van der Waals surface area contributed by atoms with E-state index in [1.807, 2.05) is 17.6 Å². The van der Waals surface area contributed by atoms with Crippen molar-refractivity contribution in [2.24, 2.45) is 0 Å². The van der Waals surface area contributed by atoms with Gasteiger partial charge < -0.3 is 14.0 Å². The molecule has 0 aliphatic rings. The minimum Gasteiger partial charge on any atom is -0.497 e. The van der Waals surface area contributed by atoms with Crippen molar-refractivity contribution in [3.8, 4) is 11.6 Å². The summed E-state index contributed by atoms with van der Waals surface area (Å²) in [5.74, 6) is 1.55. The molecule has 0 unspecified atom stereocenters. The summed E-state index contributed by atoms with van der Waals surface area (Å²) in [7, 11) is 3.14. The van der Waals surface area contributed by atoms with Gasteiger partial charge in [-0.05, 0) is 37.3 Å². The number of pyridine rings is 1. The normalized spacial score (nSPS) is 11.0. The average Bonchev–Trinajstić information content (AvgIpc) is 3.34. The number of nitrogens with one attached hydrogen (secondary N) is 1. The Kier molecular flexibility index (Phi) is 4.48. The number of hydrogen-bond donors (Lipinski definition) is 1. The van der Waals surface area contributed by atoms with E-state index in [-0.39, 0.29) is 5.78 Å². The van der Waals surface area contributed by atoms with Gasteiger partial charge in [-0.2, -0.15) is 10.2 Å². The molecule has 1 N–H and O–H groups in total. The Morgan fingerprint density at radius 2 is 1.89 bits per heavy atom. The molecule has 9 heteroatoms. The quantitative estimate of drug-likeness (QED) is 0.512. The van der Waals surface area contributed by atoms with Gasteiger partial charge in [-0.25, -0.2) is 0 Å². The Labute approximate surface area is 160 Å². The fourth-order valence-corrected chi connectivity index (χ4v) is 3.19. The molecular weight excluding hydrogens is 360 g/mol. The van der Waals surface area contributed by atoms with Crippen LogP contribution < -0.4 is 9.47 Å². The maximum Gasteiger partial charge on any atom is 0.214 e. The third kappa shape index (κ3) is 2.96. The fourth-order valence-electron chi connectivity index (χ4n) is 3.19. The van der Waals surface area contributed by atoms with E-state index >= 15 is 0 Å². The van der Waals surface area contributed by atoms with Crippen LogP contribution in [0.4, 0.5) is 0 Å². The van der Waals surface area contributed by atoms with Gasteiger partial charge in [0.2, 0.25) is 5.88 Å². The number of aromatic nitrogens is 6. The van der Waals surface area contributed by atoms with Crippen molar-refractivity contribution in [3.05, 3.63) is 59.0 Å². The number of tetrazole rings is 1. The number of fused-ring (bicyclic) bond motifs is 1. The fraction of sp³-hybridized carbons (Fsp3) is 0.211. The van der Waals surface area contributed by atoms with Gasteiger partial charge in [0, 0.05) is 22.7 Å². The zero-order chi connectivity index (χ0) is 19.7. The number of carbonyl (C=O) groups excluding carboxylic acids is 1. The van der Waals surface area contributed by atoms with Crippen LogP contribution in [0, 0.1) is 6.92 Å². The molecule has 0 bridgehead atoms. The van der Waals surface area contributed by atoms with Crippen molar-refractivity contribution < 1.29 is 14.3 Å². The lowest BCUT2D eigenvalue weighted by Gasteiger charge is -2.06. The molecule has 9 nitrogen and oxygen atoms in total. The summed E-state index contributed by atoms with van der Waals surface area (Å²) in [6, 6.07) is 10.6. The SMILES string of the molecule is COc1ccc(C(=O)c2c(C)n(Cc3nn[nH]n3)c3nc(OC)ccc23)cc1. The molecule has 3 aromatic heterocycles. The molecule has 0 radical (unpaired) electrons. The summed E-state index contributed by atoms with van der Waals surface area (Å²) < 4.78 is 12.3. The van der Waals surface area contributed by atoms with Crippen LogP contribution in [-0.2, 0) is 6.54 Å². The highest BCUT2D eigenvalue weighted by molar-refractivity contribution is 6.17. The van der Waals surface area contributed by atoms with E-state index in [9.17, 15) is 4.79 Å². The lowest BCUT2D eigenvalue weighted by molar-refractivity contribution is 0.103. The van der Waals surface area contributed by atoms with Gasteiger partial charge in [0.1, 0.15) is 11.4 Å². The largest absolute Gasteiger partial charge is 0.497 e. The first-order valence-corrected chi connectivity index (χ1v) is 8.57. The van der Waals surface area contributed by atoms with Crippen LogP contribution in [0.15, 0.2) is 36.4 Å². The van der Waals surface area contributed by atoms with Crippen LogP contribution in [0.25, 0.3) is 11.0 Å². The van der Waals surface area contributed by atoms with Crippen LogP contribution in [0.1, 0.15) is 27.4 Å². The Bertz CT molecular complexity index is 1130. The molecule has 0 saturated carbocycles. The minimum absolute atomic E-state index is 0.0935. The lowest BCUT2D eigenvalue weighted by atomic mass is 10.0. The molecular formula is C19H18N6O3. The van der Waals surface area contributed by atoms with E-state index < -0.39 is 0 Å². The number of methoxy groups -OCH3 is 2. The molecule has 28 heavy (non-hydrogen) atoms. The highest BCUT2D eigenvalue weighted by atomic mass is 16.5. The molecule has 4 aromatic rings. The standard InChI is InChI=1S/C19H18N6O3/c1-11-17(18(26)12-4-6-13(27-2)7-5-12)14-8-9-16(28-3)20-19(14)25(11)10-15-21-23-24-22-15/h4-9H,10H2,1-3H3,(H,21,22,23,24). The number of hydrogen-bond acceptors (Lipinski definition) is 7. The third-order valence-electron chi connectivity index (χ3n) is 4.62. The third-order valence-corrected chi connectivity index (χ3v) is 4.62. The van der Waals surface area contributed by atoms with Crippen LogP contribution in [-0.4, -0.2) is 50.2 Å². The van der Waals surface area contributed by atoms with Crippen molar-refractivity contribution in [1.82, 2.24) is 30.2 Å². The molecule has 4 rings (SSSR count). The zero-order valence-electron chi connectivity index (χ0n) is 15.6. The number of carbonyl (C=O) groups is 1. The van der Waals surface area contributed by atoms with Gasteiger partial charge in [-0.1, -0.05) is 5.21 Å². The Balaban J connectivity index is 1.87. The monoisotopic (exact) mass is 378 g/mol. The molecule has 142 valence electrons. The first-order chi connectivity index (χ1) is 13.6. The molecule has 0 spiro atoms. The predicted molar refractivity (Wildman–Crippen MR) is 101 cm³/mol. The van der Waals surface area contributed by atoms with Crippen LogP contribution in [0.2, 0.25) is 0 Å². The maximum atomic E-state index is 13.3. The zero-order valence-corrected chi connectivity index (χ0v) is 15.6. The average molecular weight is 378 g/mol. The summed E-state index contributed by atoms with van der Waals surface area (Å²) in [5, 5.41) is 14.8. The van der Waals surface area contributed by atoms with Gasteiger partial charge in [-0.15, -0.1) is 10.2 Å². The lowest BCUT2D eigenvalue weighted by Crippen LogP contribution is -2.07. The van der Waals surface area contributed by atoms with Gasteiger partial charge >= 0.3 is 0 Å². The second-order valence-corrected chi connectivity index (χ2v) is 6.16. The Morgan fingerprint density at radius 1 is 1.11 bits per heavy atom. The van der Waals surface area contributed by atoms with Crippen LogP contribution in [0.5, 0.6) is 11.6 Å². The van der Waals surface area contributed by atoms with Crippen molar-refractivity contribution in [2.75, 3.05) is 14.2 Å². The van der Waals surface area contributed by atoms with Crippen molar-refractivity contribution >= 4 is 16.8 Å². The molecule has 0 aliphatic carbocycles. The molecule has 3 heterocycles. The van der Waals surface area contributed by atoms with E-state index in [0.717, 1.165) is 11.1 Å². The molecule has 1 aromatic carbocycles. The summed E-state index contributed by atoms with van der Waals surface area (Å²) >= 11 is 0. The number of ether oxygens (including phenoxy) is 2. The van der Waals surface area contributed by atoms with Crippen molar-refractivity contribution in [2.45, 2.75) is 13.5 Å². The molecule has 0 amide bonds. The Morgan fingerprint density at radius 3 is 2.54 bits per heavy atom. The second kappa shape index (κ2) is 7.10. The van der Waals surface area contributed by atoms with Gasteiger partial charge in [0.25, 0.3) is 0 Å². The van der Waals surface area contributed by atoms with E-state index in [1.54, 1.807) is 44.6 Å². The number of H-pyrrole nitrogens is 1. The summed E-state index contributed by atoms with van der Waals surface area (Å²) in [6.07, 6.45) is 0. The maximum absolute atomic E-state index is 13.3. The van der Waals surface area contributed by atoms with Crippen LogP contribution in [0.3, 0.4) is 0 Å². The summed E-state index contributed by atoms with van der Waals surface area (Å²) in [6.45, 7) is 2.21. The number of nitrogens with zero attached hydrogens (tertiary/aromatic N) is 5. The number of ketones is 1. The van der Waals surface area contributed by atoms with Gasteiger partial charge in [0.05, 0.1) is 26.3 Å². The van der Waals surface area contributed by atoms with E-state index in [1.165, 1.54) is 0 Å². The van der Waals surface area contributed by atoms with E-state index in [2.05, 4.69) is 25.6 Å². The second-order valence-electron chi connectivity index (χ2n) is 6.16. The highest BCUT2D eigenvalue weighted by Gasteiger charge is 2.23. The van der Waals surface area contributed by atoms with E-state index in [4.69, 9.17) is 9.47 Å². The van der Waals surface area contributed by atoms with Crippen molar-refractivity contribution in [1.29, 1.82) is 0 Å².